The highest BCUT2D eigenvalue weighted by molar-refractivity contribution is 6.04. The van der Waals surface area contributed by atoms with Gasteiger partial charge in [0, 0.05) is 0 Å². The van der Waals surface area contributed by atoms with E-state index >= 15 is 0 Å². The van der Waals surface area contributed by atoms with Gasteiger partial charge in [-0.1, -0.05) is 110 Å². The molecule has 0 N–H and O–H groups in total. The van der Waals surface area contributed by atoms with Crippen LogP contribution in [0.15, 0.2) is 12.1 Å². The van der Waals surface area contributed by atoms with Gasteiger partial charge in [0.25, 0.3) is 0 Å². The summed E-state index contributed by atoms with van der Waals surface area (Å²) in [6.45, 7) is 8.68. The fourth-order valence-corrected chi connectivity index (χ4v) is 4.91. The van der Waals surface area contributed by atoms with E-state index in [0.717, 1.165) is 37.7 Å². The van der Waals surface area contributed by atoms with Crippen molar-refractivity contribution in [3.8, 4) is 0 Å². The first-order chi connectivity index (χ1) is 17.6. The first-order valence-corrected chi connectivity index (χ1v) is 15.1. The summed E-state index contributed by atoms with van der Waals surface area (Å²) < 4.78 is 10.7. The Bertz CT molecular complexity index is 725. The molecule has 0 atom stereocenters. The highest BCUT2D eigenvalue weighted by atomic mass is 16.5. The van der Waals surface area contributed by atoms with Crippen LogP contribution >= 0.6 is 0 Å². The molecule has 0 radical (unpaired) electrons. The summed E-state index contributed by atoms with van der Waals surface area (Å²) in [7, 11) is 0. The van der Waals surface area contributed by atoms with Gasteiger partial charge in [-0.15, -0.1) is 0 Å². The van der Waals surface area contributed by atoms with Crippen molar-refractivity contribution in [1.29, 1.82) is 0 Å². The minimum atomic E-state index is -0.434. The van der Waals surface area contributed by atoms with E-state index in [-0.39, 0.29) is 6.61 Å². The molecule has 0 heterocycles. The predicted octanol–water partition coefficient (Wildman–Crippen LogP) is 9.41. The second-order valence-electron chi connectivity index (χ2n) is 10.0. The first kappa shape index (κ1) is 32.2. The van der Waals surface area contributed by atoms with Crippen molar-refractivity contribution in [1.82, 2.24) is 0 Å². The quantitative estimate of drug-likeness (QED) is 0.117. The Balaban J connectivity index is 2.92. The largest absolute Gasteiger partial charge is 0.462 e. The molecule has 0 amide bonds. The number of rotatable bonds is 22. The number of hydrogen-bond donors (Lipinski definition) is 0. The molecule has 0 unspecified atom stereocenters. The van der Waals surface area contributed by atoms with Crippen LogP contribution < -0.4 is 0 Å². The minimum absolute atomic E-state index is 0.286. The van der Waals surface area contributed by atoms with Gasteiger partial charge in [0.1, 0.15) is 0 Å². The fraction of sp³-hybridized carbons (Fsp3) is 0.750. The highest BCUT2D eigenvalue weighted by Gasteiger charge is 2.25. The molecule has 0 spiro atoms. The lowest BCUT2D eigenvalue weighted by Gasteiger charge is -2.18. The van der Waals surface area contributed by atoms with Crippen LogP contribution in [-0.4, -0.2) is 25.2 Å². The van der Waals surface area contributed by atoms with Gasteiger partial charge in [-0.05, 0) is 56.7 Å². The van der Waals surface area contributed by atoms with Crippen LogP contribution in [0.5, 0.6) is 0 Å². The number of hydrogen-bond acceptors (Lipinski definition) is 4. The zero-order chi connectivity index (χ0) is 26.4. The number of aryl methyl sites for hydroxylation is 1. The Hall–Kier alpha value is -1.84. The molecule has 0 bridgehead atoms. The van der Waals surface area contributed by atoms with Gasteiger partial charge in [-0.3, -0.25) is 0 Å². The van der Waals surface area contributed by atoms with Crippen molar-refractivity contribution < 1.29 is 19.1 Å². The molecule has 36 heavy (non-hydrogen) atoms. The van der Waals surface area contributed by atoms with Crippen LogP contribution in [0.2, 0.25) is 0 Å². The first-order valence-electron chi connectivity index (χ1n) is 15.1. The monoisotopic (exact) mass is 502 g/mol. The third-order valence-corrected chi connectivity index (χ3v) is 6.96. The topological polar surface area (TPSA) is 52.6 Å². The van der Waals surface area contributed by atoms with Crippen molar-refractivity contribution in [3.63, 3.8) is 0 Å². The van der Waals surface area contributed by atoms with E-state index in [9.17, 15) is 9.59 Å². The molecule has 1 rings (SSSR count). The number of ether oxygens (including phenoxy) is 2. The summed E-state index contributed by atoms with van der Waals surface area (Å²) in [6, 6.07) is 3.83. The summed E-state index contributed by atoms with van der Waals surface area (Å²) >= 11 is 0. The lowest BCUT2D eigenvalue weighted by Crippen LogP contribution is -2.18. The maximum absolute atomic E-state index is 13.1. The number of unbranched alkanes of at least 4 members (excludes halogenated alkanes) is 14. The van der Waals surface area contributed by atoms with Crippen molar-refractivity contribution in [2.24, 2.45) is 0 Å². The van der Waals surface area contributed by atoms with Crippen molar-refractivity contribution in [3.05, 3.63) is 34.4 Å². The molecule has 1 aromatic rings. The molecular weight excluding hydrogens is 448 g/mol. The van der Waals surface area contributed by atoms with Crippen molar-refractivity contribution in [2.45, 2.75) is 143 Å². The van der Waals surface area contributed by atoms with E-state index in [1.807, 2.05) is 6.92 Å². The second kappa shape index (κ2) is 21.3. The fourth-order valence-electron chi connectivity index (χ4n) is 4.91. The number of carbonyl (C=O) groups excluding carboxylic acids is 2. The minimum Gasteiger partial charge on any atom is -0.462 e. The van der Waals surface area contributed by atoms with Crippen LogP contribution in [0, 0.1) is 0 Å². The normalized spacial score (nSPS) is 11.0. The number of benzene rings is 1. The van der Waals surface area contributed by atoms with E-state index in [0.29, 0.717) is 17.7 Å². The molecule has 4 nitrogen and oxygen atoms in total. The average molecular weight is 503 g/mol. The Morgan fingerprint density at radius 3 is 1.50 bits per heavy atom. The Morgan fingerprint density at radius 1 is 0.556 bits per heavy atom. The number of esters is 2. The molecule has 0 aromatic heterocycles. The SMILES string of the molecule is CCCCCCCCCCc1ccc(C(=O)OCC)c(C(=O)OCC)c1CCCCCCCCCC. The molecule has 4 heteroatoms. The molecular formula is C32H54O4. The summed E-state index contributed by atoms with van der Waals surface area (Å²) in [5.41, 5.74) is 2.99. The third-order valence-electron chi connectivity index (χ3n) is 6.96. The van der Waals surface area contributed by atoms with Gasteiger partial charge < -0.3 is 9.47 Å². The summed E-state index contributed by atoms with van der Waals surface area (Å²) in [5, 5.41) is 0. The van der Waals surface area contributed by atoms with Gasteiger partial charge in [0.2, 0.25) is 0 Å². The Labute approximate surface area is 221 Å². The standard InChI is InChI=1S/C32H54O4/c1-5-9-11-13-15-17-19-21-23-27-25-26-29(31(33)35-7-3)30(32(34)36-8-4)28(27)24-22-20-18-16-14-12-10-6-2/h25-26H,5-24H2,1-4H3. The van der Waals surface area contributed by atoms with Gasteiger partial charge in [0.05, 0.1) is 24.3 Å². The summed E-state index contributed by atoms with van der Waals surface area (Å²) in [4.78, 5) is 25.8. The van der Waals surface area contributed by atoms with Crippen LogP contribution in [0.3, 0.4) is 0 Å². The van der Waals surface area contributed by atoms with E-state index in [4.69, 9.17) is 9.47 Å². The maximum Gasteiger partial charge on any atom is 0.339 e. The van der Waals surface area contributed by atoms with Crippen LogP contribution in [-0.2, 0) is 22.3 Å². The van der Waals surface area contributed by atoms with Crippen LogP contribution in [0.25, 0.3) is 0 Å². The van der Waals surface area contributed by atoms with Crippen molar-refractivity contribution >= 4 is 11.9 Å². The van der Waals surface area contributed by atoms with E-state index in [2.05, 4.69) is 19.9 Å². The van der Waals surface area contributed by atoms with Gasteiger partial charge in [-0.25, -0.2) is 9.59 Å². The van der Waals surface area contributed by atoms with Gasteiger partial charge >= 0.3 is 11.9 Å². The van der Waals surface area contributed by atoms with Crippen LogP contribution in [0.1, 0.15) is 162 Å². The molecule has 0 fully saturated rings. The Morgan fingerprint density at radius 2 is 1.00 bits per heavy atom. The zero-order valence-corrected chi connectivity index (χ0v) is 23.9. The second-order valence-corrected chi connectivity index (χ2v) is 10.0. The predicted molar refractivity (Wildman–Crippen MR) is 151 cm³/mol. The van der Waals surface area contributed by atoms with Gasteiger partial charge in [-0.2, -0.15) is 0 Å². The lowest BCUT2D eigenvalue weighted by molar-refractivity contribution is 0.0477. The molecule has 206 valence electrons. The summed E-state index contributed by atoms with van der Waals surface area (Å²) in [6.07, 6.45) is 21.8. The maximum atomic E-state index is 13.1. The molecule has 0 aliphatic rings. The molecule has 0 saturated carbocycles. The van der Waals surface area contributed by atoms with E-state index < -0.39 is 11.9 Å². The number of carbonyl (C=O) groups is 2. The van der Waals surface area contributed by atoms with E-state index in [1.165, 1.54) is 89.0 Å². The molecule has 0 saturated heterocycles. The highest BCUT2D eigenvalue weighted by Crippen LogP contribution is 2.26. The van der Waals surface area contributed by atoms with Crippen molar-refractivity contribution in [2.75, 3.05) is 13.2 Å². The van der Waals surface area contributed by atoms with Crippen LogP contribution in [0.4, 0.5) is 0 Å². The average Bonchev–Trinajstić information content (AvgIpc) is 2.87. The Kier molecular flexibility index (Phi) is 19.0. The summed E-state index contributed by atoms with van der Waals surface area (Å²) in [5.74, 6) is -0.829. The van der Waals surface area contributed by atoms with E-state index in [1.54, 1.807) is 13.0 Å². The molecule has 0 aliphatic carbocycles. The smallest absolute Gasteiger partial charge is 0.339 e. The zero-order valence-electron chi connectivity index (χ0n) is 23.9. The molecule has 0 aliphatic heterocycles. The molecule has 1 aromatic carbocycles. The third kappa shape index (κ3) is 12.9. The lowest BCUT2D eigenvalue weighted by atomic mass is 9.89. The van der Waals surface area contributed by atoms with Gasteiger partial charge in [0.15, 0.2) is 0 Å².